The molecule has 172 valence electrons. The first-order chi connectivity index (χ1) is 14.0. The minimum atomic E-state index is -1.07. The summed E-state index contributed by atoms with van der Waals surface area (Å²) in [5, 5.41) is 15.7. The Hall–Kier alpha value is -1.11. The van der Waals surface area contributed by atoms with Gasteiger partial charge in [-0.25, -0.2) is 0 Å². The topological polar surface area (TPSA) is 142 Å². The standard InChI is InChI=1S/C20H35IN4O5/c1-11(2)10-25(21)20(30)15-5-14(8-23-9-15)18(28)6-16(12(3)26)19(29)24-17(7-22)13(4)27/h11-12,14-17,23,26H,5-10,22H2,1-4H3,(H,24,29)/t12-,14-,15+,16-,17-/m0/s1. The fraction of sp³-hybridized carbons (Fsp3) is 0.800. The van der Waals surface area contributed by atoms with Crippen LogP contribution in [0.3, 0.4) is 0 Å². The number of carbonyl (C=O) groups excluding carboxylic acids is 4. The predicted octanol–water partition coefficient (Wildman–Crippen LogP) is 0.0354. The van der Waals surface area contributed by atoms with E-state index in [1.54, 1.807) is 3.11 Å². The van der Waals surface area contributed by atoms with Gasteiger partial charge in [0.15, 0.2) is 5.78 Å². The van der Waals surface area contributed by atoms with E-state index in [-0.39, 0.29) is 36.4 Å². The summed E-state index contributed by atoms with van der Waals surface area (Å²) in [6.45, 7) is 8.35. The molecule has 2 amide bonds. The normalized spacial score (nSPS) is 22.1. The quantitative estimate of drug-likeness (QED) is 0.215. The molecule has 1 saturated heterocycles. The van der Waals surface area contributed by atoms with Crippen LogP contribution in [0.2, 0.25) is 0 Å². The molecule has 1 fully saturated rings. The lowest BCUT2D eigenvalue weighted by molar-refractivity contribution is -0.137. The van der Waals surface area contributed by atoms with Gasteiger partial charge >= 0.3 is 0 Å². The van der Waals surface area contributed by atoms with Gasteiger partial charge < -0.3 is 21.5 Å². The van der Waals surface area contributed by atoms with Crippen LogP contribution in [-0.4, -0.2) is 69.9 Å². The lowest BCUT2D eigenvalue weighted by Gasteiger charge is -2.31. The van der Waals surface area contributed by atoms with Crippen molar-refractivity contribution in [3.63, 3.8) is 0 Å². The minimum absolute atomic E-state index is 0.00800. The van der Waals surface area contributed by atoms with Crippen molar-refractivity contribution >= 4 is 46.2 Å². The second-order valence-corrected chi connectivity index (χ2v) is 9.65. The van der Waals surface area contributed by atoms with Crippen molar-refractivity contribution in [3.8, 4) is 0 Å². The largest absolute Gasteiger partial charge is 0.393 e. The van der Waals surface area contributed by atoms with Crippen LogP contribution in [0.15, 0.2) is 0 Å². The Morgan fingerprint density at radius 1 is 1.20 bits per heavy atom. The van der Waals surface area contributed by atoms with Gasteiger partial charge in [0.2, 0.25) is 11.8 Å². The molecule has 0 aromatic rings. The van der Waals surface area contributed by atoms with E-state index >= 15 is 0 Å². The molecular weight excluding hydrogens is 503 g/mol. The zero-order valence-electron chi connectivity index (χ0n) is 18.2. The van der Waals surface area contributed by atoms with Crippen LogP contribution < -0.4 is 16.4 Å². The maximum Gasteiger partial charge on any atom is 0.235 e. The van der Waals surface area contributed by atoms with Gasteiger partial charge in [0.05, 0.1) is 46.8 Å². The number of ketones is 2. The first kappa shape index (κ1) is 26.9. The first-order valence-electron chi connectivity index (χ1n) is 10.4. The summed E-state index contributed by atoms with van der Waals surface area (Å²) in [4.78, 5) is 49.6. The molecule has 0 bridgehead atoms. The number of carbonyl (C=O) groups is 4. The molecule has 0 unspecified atom stereocenters. The number of rotatable bonds is 11. The number of nitrogens with two attached hydrogens (primary N) is 1. The molecule has 1 aliphatic heterocycles. The second kappa shape index (κ2) is 12.7. The third-order valence-electron chi connectivity index (χ3n) is 5.30. The summed E-state index contributed by atoms with van der Waals surface area (Å²) >= 11 is 2.01. The SMILES string of the molecule is CC(=O)[C@H](CN)NC(=O)[C@@H](CC(=O)[C@@H]1CNC[C@H](C(=O)N(I)CC(C)C)C1)[C@H](C)O. The molecule has 0 aliphatic carbocycles. The molecule has 30 heavy (non-hydrogen) atoms. The van der Waals surface area contributed by atoms with Crippen LogP contribution in [0.4, 0.5) is 0 Å². The lowest BCUT2D eigenvalue weighted by atomic mass is 9.83. The zero-order valence-corrected chi connectivity index (χ0v) is 20.3. The highest BCUT2D eigenvalue weighted by Crippen LogP contribution is 2.24. The summed E-state index contributed by atoms with van der Waals surface area (Å²) in [7, 11) is 0. The van der Waals surface area contributed by atoms with Gasteiger partial charge in [0.25, 0.3) is 0 Å². The Morgan fingerprint density at radius 2 is 1.80 bits per heavy atom. The molecule has 1 rings (SSSR count). The Kier molecular flexibility index (Phi) is 11.4. The number of piperidine rings is 1. The van der Waals surface area contributed by atoms with E-state index in [0.29, 0.717) is 32.0 Å². The van der Waals surface area contributed by atoms with Gasteiger partial charge in [0.1, 0.15) is 5.78 Å². The van der Waals surface area contributed by atoms with E-state index in [1.807, 2.05) is 36.7 Å². The van der Waals surface area contributed by atoms with E-state index < -0.39 is 29.9 Å². The van der Waals surface area contributed by atoms with Gasteiger partial charge in [-0.05, 0) is 26.2 Å². The Balaban J connectivity index is 2.76. The molecule has 10 heteroatoms. The van der Waals surface area contributed by atoms with Gasteiger partial charge in [-0.1, -0.05) is 13.8 Å². The Bertz CT molecular complexity index is 628. The number of Topliss-reactive ketones (excluding diaryl/α,β-unsaturated/α-hetero) is 2. The van der Waals surface area contributed by atoms with Crippen LogP contribution in [0.5, 0.6) is 0 Å². The first-order valence-corrected chi connectivity index (χ1v) is 11.3. The molecule has 1 aliphatic rings. The molecule has 0 aromatic carbocycles. The van der Waals surface area contributed by atoms with E-state index in [4.69, 9.17) is 5.73 Å². The fourth-order valence-electron chi connectivity index (χ4n) is 3.45. The van der Waals surface area contributed by atoms with Crippen LogP contribution in [-0.2, 0) is 19.2 Å². The highest BCUT2D eigenvalue weighted by Gasteiger charge is 2.36. The Morgan fingerprint density at radius 3 is 2.30 bits per heavy atom. The minimum Gasteiger partial charge on any atom is -0.393 e. The van der Waals surface area contributed by atoms with Gasteiger partial charge in [-0.15, -0.1) is 0 Å². The number of aliphatic hydroxyl groups excluding tert-OH is 1. The average Bonchev–Trinajstić information content (AvgIpc) is 2.68. The van der Waals surface area contributed by atoms with Crippen LogP contribution in [0.25, 0.3) is 0 Å². The molecule has 5 N–H and O–H groups in total. The smallest absolute Gasteiger partial charge is 0.235 e. The third kappa shape index (κ3) is 8.20. The van der Waals surface area contributed by atoms with Gasteiger partial charge in [-0.2, -0.15) is 0 Å². The average molecular weight is 538 g/mol. The molecule has 0 radical (unpaired) electrons. The van der Waals surface area contributed by atoms with Crippen molar-refractivity contribution in [2.45, 2.75) is 52.7 Å². The highest BCUT2D eigenvalue weighted by atomic mass is 127. The van der Waals surface area contributed by atoms with Crippen molar-refractivity contribution in [2.75, 3.05) is 26.2 Å². The number of amides is 2. The van der Waals surface area contributed by atoms with E-state index in [0.717, 1.165) is 0 Å². The molecule has 0 aromatic heterocycles. The highest BCUT2D eigenvalue weighted by molar-refractivity contribution is 14.1. The number of halogens is 1. The summed E-state index contributed by atoms with van der Waals surface area (Å²) in [6.07, 6.45) is -0.814. The van der Waals surface area contributed by atoms with Crippen molar-refractivity contribution in [2.24, 2.45) is 29.4 Å². The monoisotopic (exact) mass is 538 g/mol. The van der Waals surface area contributed by atoms with Gasteiger partial charge in [0, 0.05) is 38.5 Å². The van der Waals surface area contributed by atoms with E-state index in [2.05, 4.69) is 10.6 Å². The summed E-state index contributed by atoms with van der Waals surface area (Å²) < 4.78 is 1.67. The van der Waals surface area contributed by atoms with Crippen LogP contribution in [0.1, 0.15) is 40.5 Å². The molecule has 1 heterocycles. The number of hydrogen-bond acceptors (Lipinski definition) is 7. The lowest BCUT2D eigenvalue weighted by Crippen LogP contribution is -2.50. The Labute approximate surface area is 192 Å². The maximum absolute atomic E-state index is 12.9. The number of nitrogens with one attached hydrogen (secondary N) is 2. The van der Waals surface area contributed by atoms with Crippen molar-refractivity contribution in [3.05, 3.63) is 0 Å². The number of aliphatic hydroxyl groups is 1. The molecular formula is C20H35IN4O5. The number of nitrogens with zero attached hydrogens (tertiary/aromatic N) is 1. The van der Waals surface area contributed by atoms with Gasteiger partial charge in [-0.3, -0.25) is 22.3 Å². The third-order valence-corrected chi connectivity index (χ3v) is 6.17. The molecule has 0 saturated carbocycles. The van der Waals surface area contributed by atoms with Crippen molar-refractivity contribution in [1.29, 1.82) is 0 Å². The van der Waals surface area contributed by atoms with Crippen molar-refractivity contribution in [1.82, 2.24) is 13.7 Å². The summed E-state index contributed by atoms with van der Waals surface area (Å²) in [6, 6.07) is -0.845. The summed E-state index contributed by atoms with van der Waals surface area (Å²) in [5.74, 6) is -2.41. The van der Waals surface area contributed by atoms with Crippen LogP contribution >= 0.6 is 22.9 Å². The molecule has 0 spiro atoms. The number of hydrogen-bond donors (Lipinski definition) is 4. The predicted molar refractivity (Wildman–Crippen MR) is 121 cm³/mol. The molecule has 9 nitrogen and oxygen atoms in total. The van der Waals surface area contributed by atoms with E-state index in [9.17, 15) is 24.3 Å². The second-order valence-electron chi connectivity index (χ2n) is 8.49. The molecule has 5 atom stereocenters. The van der Waals surface area contributed by atoms with E-state index in [1.165, 1.54) is 13.8 Å². The fourth-order valence-corrected chi connectivity index (χ4v) is 4.64. The zero-order chi connectivity index (χ0) is 23.0. The van der Waals surface area contributed by atoms with Crippen LogP contribution in [0, 0.1) is 23.7 Å². The van der Waals surface area contributed by atoms with Crippen molar-refractivity contribution < 1.29 is 24.3 Å². The maximum atomic E-state index is 12.9. The summed E-state index contributed by atoms with van der Waals surface area (Å²) in [5.41, 5.74) is 5.50.